The Hall–Kier alpha value is -1.97. The Balaban J connectivity index is 2.25. The third kappa shape index (κ3) is 11.0. The Kier molecular flexibility index (Phi) is 11.6. The molecule has 0 heterocycles. The monoisotopic (exact) mass is 596 g/mol. The van der Waals surface area contributed by atoms with Crippen LogP contribution in [0.1, 0.15) is 84.6 Å². The maximum Gasteiger partial charge on any atom is 0.192 e. The van der Waals surface area contributed by atoms with E-state index in [0.717, 1.165) is 28.0 Å². The first kappa shape index (κ1) is 35.2. The van der Waals surface area contributed by atoms with Crippen LogP contribution in [-0.2, 0) is 28.7 Å². The second-order valence-corrected chi connectivity index (χ2v) is 24.5. The Bertz CT molecular complexity index is 1210. The van der Waals surface area contributed by atoms with Crippen LogP contribution in [0.25, 0.3) is 5.57 Å². The summed E-state index contributed by atoms with van der Waals surface area (Å²) in [6.45, 7) is 30.1. The summed E-state index contributed by atoms with van der Waals surface area (Å²) in [4.78, 5) is 0. The van der Waals surface area contributed by atoms with Crippen molar-refractivity contribution in [3.05, 3.63) is 82.9 Å². The highest BCUT2D eigenvalue weighted by atomic mass is 28.4. The van der Waals surface area contributed by atoms with E-state index in [0.29, 0.717) is 19.8 Å². The summed E-state index contributed by atoms with van der Waals surface area (Å²) in [5.41, 5.74) is 4.84. The van der Waals surface area contributed by atoms with E-state index in [1.54, 1.807) is 19.9 Å². The van der Waals surface area contributed by atoms with E-state index in [1.165, 1.54) is 5.56 Å². The number of ether oxygens (including phenoxy) is 1. The van der Waals surface area contributed by atoms with Crippen LogP contribution in [0.3, 0.4) is 0 Å². The zero-order chi connectivity index (χ0) is 31.3. The summed E-state index contributed by atoms with van der Waals surface area (Å²) in [7, 11) is -3.81. The van der Waals surface area contributed by atoms with Crippen LogP contribution < -0.4 is 4.74 Å². The number of benzene rings is 2. The van der Waals surface area contributed by atoms with Gasteiger partial charge in [0, 0.05) is 0 Å². The highest BCUT2D eigenvalue weighted by molar-refractivity contribution is 6.74. The highest BCUT2D eigenvalue weighted by Crippen LogP contribution is 2.39. The van der Waals surface area contributed by atoms with Crippen molar-refractivity contribution in [1.29, 1.82) is 0 Å². The van der Waals surface area contributed by atoms with Crippen molar-refractivity contribution in [3.63, 3.8) is 0 Å². The predicted molar refractivity (Wildman–Crippen MR) is 180 cm³/mol. The first-order chi connectivity index (χ1) is 18.6. The number of hydrogen-bond donors (Lipinski definition) is 1. The minimum Gasteiger partial charge on any atom is -0.489 e. The molecule has 0 amide bonds. The van der Waals surface area contributed by atoms with E-state index in [2.05, 4.69) is 117 Å². The molecule has 0 fully saturated rings. The number of hydrogen-bond acceptors (Lipinski definition) is 4. The van der Waals surface area contributed by atoms with Gasteiger partial charge in [-0.05, 0) is 103 Å². The molecular weight excluding hydrogens is 541 g/mol. The van der Waals surface area contributed by atoms with E-state index < -0.39 is 22.2 Å². The van der Waals surface area contributed by atoms with Crippen LogP contribution >= 0.6 is 0 Å². The van der Waals surface area contributed by atoms with Crippen molar-refractivity contribution >= 4 is 22.2 Å². The predicted octanol–water partition coefficient (Wildman–Crippen LogP) is 10.0. The maximum absolute atomic E-state index is 9.92. The molecular formula is C35H56O4Si2. The Morgan fingerprint density at radius 3 is 1.85 bits per heavy atom. The minimum absolute atomic E-state index is 0.139. The Morgan fingerprint density at radius 1 is 0.756 bits per heavy atom. The molecule has 0 atom stereocenters. The van der Waals surface area contributed by atoms with E-state index in [-0.39, 0.29) is 10.1 Å². The lowest BCUT2D eigenvalue weighted by molar-refractivity contribution is 0.133. The van der Waals surface area contributed by atoms with Crippen molar-refractivity contribution in [3.8, 4) is 5.75 Å². The fourth-order valence-corrected chi connectivity index (χ4v) is 5.41. The van der Waals surface area contributed by atoms with Gasteiger partial charge in [-0.15, -0.1) is 0 Å². The van der Waals surface area contributed by atoms with Gasteiger partial charge in [-0.25, -0.2) is 0 Å². The molecule has 2 aromatic carbocycles. The van der Waals surface area contributed by atoms with Gasteiger partial charge in [0.15, 0.2) is 16.6 Å². The molecule has 0 aromatic heterocycles. The zero-order valence-electron chi connectivity index (χ0n) is 28.1. The van der Waals surface area contributed by atoms with Gasteiger partial charge in [0.05, 0.1) is 18.8 Å². The number of aliphatic hydroxyl groups is 1. The number of rotatable bonds is 12. The van der Waals surface area contributed by atoms with Crippen LogP contribution in [-0.4, -0.2) is 27.3 Å². The smallest absolute Gasteiger partial charge is 0.192 e. The molecule has 4 nitrogen and oxygen atoms in total. The van der Waals surface area contributed by atoms with Crippen molar-refractivity contribution in [2.24, 2.45) is 0 Å². The molecule has 0 bridgehead atoms. The molecule has 0 aliphatic carbocycles. The van der Waals surface area contributed by atoms with Crippen molar-refractivity contribution in [2.45, 2.75) is 124 Å². The highest BCUT2D eigenvalue weighted by Gasteiger charge is 2.38. The summed E-state index contributed by atoms with van der Waals surface area (Å²) >= 11 is 0. The van der Waals surface area contributed by atoms with Crippen LogP contribution in [0.15, 0.2) is 60.7 Å². The van der Waals surface area contributed by atoms with Crippen molar-refractivity contribution in [1.82, 2.24) is 0 Å². The maximum atomic E-state index is 9.92. The zero-order valence-corrected chi connectivity index (χ0v) is 30.1. The van der Waals surface area contributed by atoms with Crippen LogP contribution in [0.2, 0.25) is 36.3 Å². The summed E-state index contributed by atoms with van der Waals surface area (Å²) < 4.78 is 19.5. The first-order valence-electron chi connectivity index (χ1n) is 14.8. The van der Waals surface area contributed by atoms with Gasteiger partial charge in [0.1, 0.15) is 12.4 Å². The van der Waals surface area contributed by atoms with Gasteiger partial charge in [0.2, 0.25) is 0 Å². The lowest BCUT2D eigenvalue weighted by Crippen LogP contribution is -2.41. The first-order valence-corrected chi connectivity index (χ1v) is 20.6. The van der Waals surface area contributed by atoms with Crippen molar-refractivity contribution < 1.29 is 18.7 Å². The molecule has 0 saturated heterocycles. The second kappa shape index (κ2) is 13.6. The summed E-state index contributed by atoms with van der Waals surface area (Å²) in [5, 5.41) is 10.2. The van der Waals surface area contributed by atoms with E-state index in [9.17, 15) is 5.11 Å². The minimum atomic E-state index is -1.92. The Labute approximate surface area is 253 Å². The molecule has 1 N–H and O–H groups in total. The molecule has 0 spiro atoms. The van der Waals surface area contributed by atoms with Crippen LogP contribution in [0, 0.1) is 0 Å². The third-order valence-electron chi connectivity index (χ3n) is 8.61. The summed E-state index contributed by atoms with van der Waals surface area (Å²) in [5.74, 6) is 0.834. The van der Waals surface area contributed by atoms with Gasteiger partial charge in [-0.3, -0.25) is 0 Å². The van der Waals surface area contributed by atoms with Crippen molar-refractivity contribution in [2.75, 3.05) is 0 Å². The standard InChI is InChI=1S/C35H56O4Si2/c1-27(16-15-21-35(8,9)36)29-18-14-17-28(22-29)24-37-32-20-19-30(25-38-40(10,11)33(2,3)4)31(23-32)26-39-41(12,13)34(5,6)7/h14-23,36H,24-26H2,1-13H3. The van der Waals surface area contributed by atoms with E-state index in [1.807, 2.05) is 12.2 Å². The topological polar surface area (TPSA) is 47.9 Å². The Morgan fingerprint density at radius 2 is 1.32 bits per heavy atom. The van der Waals surface area contributed by atoms with Gasteiger partial charge < -0.3 is 18.7 Å². The largest absolute Gasteiger partial charge is 0.489 e. The molecule has 0 aliphatic rings. The molecule has 0 aliphatic heterocycles. The lowest BCUT2D eigenvalue weighted by Gasteiger charge is -2.37. The average Bonchev–Trinajstić information content (AvgIpc) is 2.83. The molecule has 0 radical (unpaired) electrons. The third-order valence-corrected chi connectivity index (χ3v) is 17.6. The lowest BCUT2D eigenvalue weighted by atomic mass is 10.0. The van der Waals surface area contributed by atoms with Gasteiger partial charge in [-0.1, -0.05) is 84.0 Å². The fraction of sp³-hybridized carbons (Fsp3) is 0.543. The fourth-order valence-electron chi connectivity index (χ4n) is 3.51. The molecule has 41 heavy (non-hydrogen) atoms. The molecule has 2 rings (SSSR count). The normalized spacial score (nSPS) is 14.1. The quantitative estimate of drug-likeness (QED) is 0.196. The SMILES string of the molecule is CC(=CC=CC(C)(C)O)c1cccc(COc2ccc(CO[Si](C)(C)C(C)(C)C)c(CO[Si](C)(C)C(C)(C)C)c2)c1. The number of allylic oxidation sites excluding steroid dienone is 3. The summed E-state index contributed by atoms with van der Waals surface area (Å²) in [6.07, 6.45) is 5.72. The van der Waals surface area contributed by atoms with Gasteiger partial charge >= 0.3 is 0 Å². The molecule has 0 unspecified atom stereocenters. The van der Waals surface area contributed by atoms with Crippen LogP contribution in [0.5, 0.6) is 5.75 Å². The summed E-state index contributed by atoms with van der Waals surface area (Å²) in [6, 6.07) is 14.7. The molecule has 228 valence electrons. The average molecular weight is 597 g/mol. The van der Waals surface area contributed by atoms with Gasteiger partial charge in [-0.2, -0.15) is 0 Å². The molecule has 2 aromatic rings. The van der Waals surface area contributed by atoms with E-state index >= 15 is 0 Å². The molecule has 6 heteroatoms. The van der Waals surface area contributed by atoms with E-state index in [4.69, 9.17) is 13.6 Å². The van der Waals surface area contributed by atoms with Crippen LogP contribution in [0.4, 0.5) is 0 Å². The van der Waals surface area contributed by atoms with Gasteiger partial charge in [0.25, 0.3) is 0 Å². The molecule has 0 saturated carbocycles. The second-order valence-electron chi connectivity index (χ2n) is 14.9.